The summed E-state index contributed by atoms with van der Waals surface area (Å²) < 4.78 is 42.1. The molecule has 240 valence electrons. The van der Waals surface area contributed by atoms with Crippen molar-refractivity contribution in [2.45, 2.75) is 109 Å². The maximum Gasteiger partial charge on any atom is 0.392 e. The summed E-state index contributed by atoms with van der Waals surface area (Å²) in [5, 5.41) is 13.3. The SMILES string of the molecule is CCCC(CC(CC(C)C(C)c1cccc(C(NC2CCCCCC2)c2ccccc2)c1)=Nc1cccc(C#N)c1)C(F)(F)F. The van der Waals surface area contributed by atoms with Crippen molar-refractivity contribution in [3.8, 4) is 6.07 Å². The van der Waals surface area contributed by atoms with Gasteiger partial charge in [-0.15, -0.1) is 0 Å². The number of nitrogens with zero attached hydrogens (tertiary/aromatic N) is 2. The van der Waals surface area contributed by atoms with Gasteiger partial charge >= 0.3 is 6.18 Å². The van der Waals surface area contributed by atoms with Crippen molar-refractivity contribution in [3.05, 3.63) is 101 Å². The van der Waals surface area contributed by atoms with E-state index in [9.17, 15) is 18.4 Å². The molecule has 0 bridgehead atoms. The van der Waals surface area contributed by atoms with Gasteiger partial charge in [0.2, 0.25) is 0 Å². The average Bonchev–Trinajstić information content (AvgIpc) is 3.32. The van der Waals surface area contributed by atoms with Crippen molar-refractivity contribution >= 4 is 11.4 Å². The monoisotopic (exact) mass is 615 g/mol. The van der Waals surface area contributed by atoms with E-state index in [4.69, 9.17) is 4.99 Å². The maximum absolute atomic E-state index is 14.0. The molecule has 6 heteroatoms. The van der Waals surface area contributed by atoms with Crippen LogP contribution in [-0.2, 0) is 0 Å². The molecule has 0 saturated heterocycles. The summed E-state index contributed by atoms with van der Waals surface area (Å²) in [4.78, 5) is 4.73. The Morgan fingerprint density at radius 1 is 0.867 bits per heavy atom. The molecule has 0 spiro atoms. The van der Waals surface area contributed by atoms with Gasteiger partial charge in [0.1, 0.15) is 0 Å². The summed E-state index contributed by atoms with van der Waals surface area (Å²) in [6.07, 6.45) is 4.04. The first-order valence-corrected chi connectivity index (χ1v) is 16.7. The molecule has 0 amide bonds. The number of rotatable bonds is 13. The van der Waals surface area contributed by atoms with Crippen LogP contribution in [0.25, 0.3) is 0 Å². The van der Waals surface area contributed by atoms with E-state index in [0.717, 1.165) is 0 Å². The van der Waals surface area contributed by atoms with Crippen LogP contribution in [0, 0.1) is 23.2 Å². The fourth-order valence-electron chi connectivity index (χ4n) is 6.63. The molecule has 3 aromatic carbocycles. The fourth-order valence-corrected chi connectivity index (χ4v) is 6.63. The van der Waals surface area contributed by atoms with Gasteiger partial charge < -0.3 is 5.32 Å². The van der Waals surface area contributed by atoms with Crippen LogP contribution in [0.5, 0.6) is 0 Å². The quantitative estimate of drug-likeness (QED) is 0.154. The van der Waals surface area contributed by atoms with E-state index in [1.807, 2.05) is 6.07 Å². The van der Waals surface area contributed by atoms with Crippen molar-refractivity contribution in [1.82, 2.24) is 5.32 Å². The minimum absolute atomic E-state index is 0.0543. The van der Waals surface area contributed by atoms with Crippen molar-refractivity contribution in [1.29, 1.82) is 5.26 Å². The van der Waals surface area contributed by atoms with Gasteiger partial charge in [-0.2, -0.15) is 18.4 Å². The maximum atomic E-state index is 14.0. The molecule has 4 unspecified atom stereocenters. The molecule has 0 heterocycles. The highest BCUT2D eigenvalue weighted by molar-refractivity contribution is 5.87. The fraction of sp³-hybridized carbons (Fsp3) is 0.487. The third-order valence-corrected chi connectivity index (χ3v) is 9.42. The molecule has 1 fully saturated rings. The zero-order chi connectivity index (χ0) is 32.2. The van der Waals surface area contributed by atoms with Gasteiger partial charge in [0.25, 0.3) is 0 Å². The first kappa shape index (κ1) is 34.4. The first-order valence-electron chi connectivity index (χ1n) is 16.7. The molecule has 1 aliphatic rings. The summed E-state index contributed by atoms with van der Waals surface area (Å²) in [6.45, 7) is 6.07. The predicted octanol–water partition coefficient (Wildman–Crippen LogP) is 11.2. The van der Waals surface area contributed by atoms with Gasteiger partial charge in [-0.25, -0.2) is 0 Å². The highest BCUT2D eigenvalue weighted by atomic mass is 19.4. The van der Waals surface area contributed by atoms with Crippen molar-refractivity contribution in [3.63, 3.8) is 0 Å². The van der Waals surface area contributed by atoms with E-state index in [-0.39, 0.29) is 30.7 Å². The second-order valence-corrected chi connectivity index (χ2v) is 12.9. The number of hydrogen-bond acceptors (Lipinski definition) is 3. The van der Waals surface area contributed by atoms with Crippen molar-refractivity contribution < 1.29 is 13.2 Å². The largest absolute Gasteiger partial charge is 0.392 e. The summed E-state index contributed by atoms with van der Waals surface area (Å²) in [5.74, 6) is -1.28. The lowest BCUT2D eigenvalue weighted by molar-refractivity contribution is -0.174. The number of nitrogens with one attached hydrogen (secondary N) is 1. The Hall–Kier alpha value is -3.43. The van der Waals surface area contributed by atoms with Crippen molar-refractivity contribution in [2.75, 3.05) is 0 Å². The van der Waals surface area contributed by atoms with Gasteiger partial charge in [0, 0.05) is 11.8 Å². The van der Waals surface area contributed by atoms with Crippen LogP contribution >= 0.6 is 0 Å². The average molecular weight is 616 g/mol. The Bertz CT molecular complexity index is 1400. The molecular weight excluding hydrogens is 567 g/mol. The Morgan fingerprint density at radius 2 is 1.53 bits per heavy atom. The van der Waals surface area contributed by atoms with Crippen LogP contribution in [0.2, 0.25) is 0 Å². The Balaban J connectivity index is 1.60. The molecule has 3 aromatic rings. The van der Waals surface area contributed by atoms with Gasteiger partial charge in [0.05, 0.1) is 29.3 Å². The van der Waals surface area contributed by atoms with Gasteiger partial charge in [-0.3, -0.25) is 4.99 Å². The second-order valence-electron chi connectivity index (χ2n) is 12.9. The summed E-state index contributed by atoms with van der Waals surface area (Å²) in [7, 11) is 0. The number of nitriles is 1. The van der Waals surface area contributed by atoms with E-state index in [2.05, 4.69) is 73.8 Å². The third-order valence-electron chi connectivity index (χ3n) is 9.42. The van der Waals surface area contributed by atoms with Gasteiger partial charge in [-0.05, 0) is 78.8 Å². The minimum Gasteiger partial charge on any atom is -0.303 e. The highest BCUT2D eigenvalue weighted by Crippen LogP contribution is 2.36. The first-order chi connectivity index (χ1) is 21.7. The summed E-state index contributed by atoms with van der Waals surface area (Å²) >= 11 is 0. The normalized spacial score (nSPS) is 17.6. The smallest absolute Gasteiger partial charge is 0.303 e. The van der Waals surface area contributed by atoms with E-state index in [1.54, 1.807) is 31.2 Å². The van der Waals surface area contributed by atoms with E-state index >= 15 is 0 Å². The number of hydrogen-bond donors (Lipinski definition) is 1. The van der Waals surface area contributed by atoms with Crippen LogP contribution in [0.15, 0.2) is 83.9 Å². The molecule has 45 heavy (non-hydrogen) atoms. The predicted molar refractivity (Wildman–Crippen MR) is 179 cm³/mol. The lowest BCUT2D eigenvalue weighted by Crippen LogP contribution is -2.33. The number of aliphatic imine (C=N–C) groups is 1. The zero-order valence-electron chi connectivity index (χ0n) is 27.0. The van der Waals surface area contributed by atoms with E-state index in [0.29, 0.717) is 35.8 Å². The molecule has 0 radical (unpaired) electrons. The Labute approximate surface area is 268 Å². The molecule has 1 saturated carbocycles. The van der Waals surface area contributed by atoms with Crippen LogP contribution < -0.4 is 5.32 Å². The number of benzene rings is 3. The molecule has 3 nitrogen and oxygen atoms in total. The third kappa shape index (κ3) is 10.3. The van der Waals surface area contributed by atoms with E-state index < -0.39 is 12.1 Å². The van der Waals surface area contributed by atoms with Crippen LogP contribution in [0.3, 0.4) is 0 Å². The lowest BCUT2D eigenvalue weighted by atomic mass is 9.82. The Morgan fingerprint density at radius 3 is 2.20 bits per heavy atom. The summed E-state index contributed by atoms with van der Waals surface area (Å²) in [5.41, 5.74) is 5.13. The molecule has 1 aliphatic carbocycles. The van der Waals surface area contributed by atoms with Crippen LogP contribution in [-0.4, -0.2) is 17.9 Å². The minimum atomic E-state index is -4.29. The zero-order valence-corrected chi connectivity index (χ0v) is 27.0. The molecule has 4 rings (SSSR count). The molecule has 4 atom stereocenters. The van der Waals surface area contributed by atoms with Gasteiger partial charge in [-0.1, -0.05) is 114 Å². The van der Waals surface area contributed by atoms with Crippen LogP contribution in [0.1, 0.15) is 119 Å². The number of alkyl halides is 3. The molecular formula is C39H48F3N3. The van der Waals surface area contributed by atoms with E-state index in [1.165, 1.54) is 55.2 Å². The summed E-state index contributed by atoms with van der Waals surface area (Å²) in [6, 6.07) is 28.8. The molecule has 0 aromatic heterocycles. The van der Waals surface area contributed by atoms with Crippen molar-refractivity contribution in [2.24, 2.45) is 16.8 Å². The topological polar surface area (TPSA) is 48.2 Å². The molecule has 0 aliphatic heterocycles. The Kier molecular flexibility index (Phi) is 12.8. The second kappa shape index (κ2) is 16.8. The highest BCUT2D eigenvalue weighted by Gasteiger charge is 2.39. The lowest BCUT2D eigenvalue weighted by Gasteiger charge is -2.28. The number of halogens is 3. The standard InChI is InChI=1S/C39H48F3N3/c1-4-14-34(39(40,41)42)26-37(44-36-22-12-15-30(24-36)27-43)23-28(2)29(3)32-18-13-19-33(25-32)38(31-16-8-7-9-17-31)45-35-20-10-5-6-11-21-35/h7-9,12-13,15-19,22,24-25,28-29,34-35,38,45H,4-6,10-11,14,20-21,23,26H2,1-3H3. The molecule has 1 N–H and O–H groups in total. The van der Waals surface area contributed by atoms with Crippen LogP contribution in [0.4, 0.5) is 18.9 Å². The van der Waals surface area contributed by atoms with Gasteiger partial charge in [0.15, 0.2) is 0 Å².